The van der Waals surface area contributed by atoms with Crippen molar-refractivity contribution in [3.63, 3.8) is 0 Å². The topological polar surface area (TPSA) is 33.5 Å². The Balaban J connectivity index is 1.34. The van der Waals surface area contributed by atoms with Crippen LogP contribution in [0.2, 0.25) is 0 Å². The molecule has 2 saturated heterocycles. The molecule has 0 bridgehead atoms. The van der Waals surface area contributed by atoms with Crippen LogP contribution in [0.5, 0.6) is 0 Å². The van der Waals surface area contributed by atoms with Crippen LogP contribution >= 0.6 is 0 Å². The first-order valence-corrected chi connectivity index (χ1v) is 10.5. The molecular weight excluding hydrogens is 336 g/mol. The third kappa shape index (κ3) is 5.41. The maximum Gasteiger partial charge on any atom is 0.0659 e. The lowest BCUT2D eigenvalue weighted by Crippen LogP contribution is -2.43. The van der Waals surface area contributed by atoms with Gasteiger partial charge in [-0.25, -0.2) is 0 Å². The molecule has 0 N–H and O–H groups in total. The Morgan fingerprint density at radius 2 is 1.85 bits per heavy atom. The molecule has 0 aliphatic carbocycles. The second kappa shape index (κ2) is 9.49. The van der Waals surface area contributed by atoms with Crippen LogP contribution in [0, 0.1) is 0 Å². The monoisotopic (exact) mass is 368 g/mol. The van der Waals surface area contributed by atoms with E-state index in [0.717, 1.165) is 45.4 Å². The van der Waals surface area contributed by atoms with Crippen LogP contribution in [0.3, 0.4) is 0 Å². The summed E-state index contributed by atoms with van der Waals surface area (Å²) in [5, 5.41) is 4.33. The third-order valence-corrected chi connectivity index (χ3v) is 5.91. The van der Waals surface area contributed by atoms with E-state index in [4.69, 9.17) is 4.74 Å². The van der Waals surface area contributed by atoms with E-state index in [0.29, 0.717) is 0 Å². The van der Waals surface area contributed by atoms with E-state index in [1.807, 2.05) is 23.1 Å². The molecule has 1 atom stereocenters. The number of hydrogen-bond donors (Lipinski definition) is 0. The average Bonchev–Trinajstić information content (AvgIpc) is 3.21. The minimum absolute atomic E-state index is 0.719. The fourth-order valence-corrected chi connectivity index (χ4v) is 4.39. The van der Waals surface area contributed by atoms with Gasteiger partial charge in [-0.2, -0.15) is 5.10 Å². The van der Waals surface area contributed by atoms with E-state index in [2.05, 4.69) is 39.2 Å². The molecular formula is C22H32N4O. The van der Waals surface area contributed by atoms with Gasteiger partial charge in [-0.05, 0) is 49.5 Å². The van der Waals surface area contributed by atoms with Crippen molar-refractivity contribution in [2.45, 2.75) is 44.8 Å². The highest BCUT2D eigenvalue weighted by atomic mass is 16.5. The van der Waals surface area contributed by atoms with Gasteiger partial charge < -0.3 is 4.74 Å². The highest BCUT2D eigenvalue weighted by molar-refractivity contribution is 5.23. The Bertz CT molecular complexity index is 681. The highest BCUT2D eigenvalue weighted by Gasteiger charge is 2.23. The maximum atomic E-state index is 5.48. The smallest absolute Gasteiger partial charge is 0.0659 e. The number of rotatable bonds is 7. The largest absolute Gasteiger partial charge is 0.379 e. The fraction of sp³-hybridized carbons (Fsp3) is 0.591. The number of benzene rings is 1. The Morgan fingerprint density at radius 3 is 2.67 bits per heavy atom. The molecule has 2 aliphatic rings. The molecule has 4 rings (SSSR count). The van der Waals surface area contributed by atoms with Crippen LogP contribution in [0.1, 0.15) is 36.8 Å². The van der Waals surface area contributed by atoms with Gasteiger partial charge in [0.15, 0.2) is 0 Å². The van der Waals surface area contributed by atoms with Gasteiger partial charge in [0.2, 0.25) is 0 Å². The van der Waals surface area contributed by atoms with Crippen LogP contribution in [0.4, 0.5) is 0 Å². The van der Waals surface area contributed by atoms with Crippen molar-refractivity contribution < 1.29 is 4.74 Å². The first-order valence-electron chi connectivity index (χ1n) is 10.5. The van der Waals surface area contributed by atoms with E-state index in [1.54, 1.807) is 0 Å². The van der Waals surface area contributed by atoms with Gasteiger partial charge in [0.05, 0.1) is 19.8 Å². The molecule has 2 aliphatic heterocycles. The van der Waals surface area contributed by atoms with E-state index >= 15 is 0 Å². The SMILES string of the molecule is c1cc(CN2CCCCC2CCN2CCOCC2)cc(Cn2cccn2)c1. The first kappa shape index (κ1) is 18.7. The van der Waals surface area contributed by atoms with Gasteiger partial charge in [-0.1, -0.05) is 30.7 Å². The van der Waals surface area contributed by atoms with Crippen molar-refractivity contribution in [2.24, 2.45) is 0 Å². The van der Waals surface area contributed by atoms with Gasteiger partial charge in [0, 0.05) is 38.1 Å². The molecule has 0 radical (unpaired) electrons. The Kier molecular flexibility index (Phi) is 6.56. The number of hydrogen-bond acceptors (Lipinski definition) is 4. The number of nitrogens with zero attached hydrogens (tertiary/aromatic N) is 4. The molecule has 0 saturated carbocycles. The Morgan fingerprint density at radius 1 is 1.00 bits per heavy atom. The summed E-state index contributed by atoms with van der Waals surface area (Å²) in [4.78, 5) is 5.29. The second-order valence-corrected chi connectivity index (χ2v) is 7.89. The summed E-state index contributed by atoms with van der Waals surface area (Å²) in [6, 6.07) is 11.7. The lowest BCUT2D eigenvalue weighted by molar-refractivity contribution is 0.0302. The van der Waals surface area contributed by atoms with E-state index < -0.39 is 0 Å². The molecule has 1 unspecified atom stereocenters. The summed E-state index contributed by atoms with van der Waals surface area (Å²) in [5.74, 6) is 0. The van der Waals surface area contributed by atoms with E-state index in [9.17, 15) is 0 Å². The minimum atomic E-state index is 0.719. The predicted octanol–water partition coefficient (Wildman–Crippen LogP) is 3.01. The van der Waals surface area contributed by atoms with Crippen molar-refractivity contribution in [1.29, 1.82) is 0 Å². The van der Waals surface area contributed by atoms with E-state index in [1.165, 1.54) is 49.9 Å². The number of aromatic nitrogens is 2. The normalized spacial score (nSPS) is 22.1. The van der Waals surface area contributed by atoms with Crippen molar-refractivity contribution in [3.05, 3.63) is 53.9 Å². The van der Waals surface area contributed by atoms with Gasteiger partial charge in [-0.3, -0.25) is 14.5 Å². The first-order chi connectivity index (χ1) is 13.4. The van der Waals surface area contributed by atoms with Crippen LogP contribution in [-0.4, -0.2) is 65.0 Å². The van der Waals surface area contributed by atoms with Gasteiger partial charge in [0.25, 0.3) is 0 Å². The lowest BCUT2D eigenvalue weighted by Gasteiger charge is -2.37. The molecule has 146 valence electrons. The standard InChI is InChI=1S/C22H32N4O/c1-2-10-25(22(7-1)8-12-24-13-15-27-16-14-24)18-20-5-3-6-21(17-20)19-26-11-4-9-23-26/h3-6,9,11,17,22H,1-2,7-8,10,12-16,18-19H2. The fourth-order valence-electron chi connectivity index (χ4n) is 4.39. The zero-order chi connectivity index (χ0) is 18.3. The summed E-state index contributed by atoms with van der Waals surface area (Å²) < 4.78 is 7.47. The quantitative estimate of drug-likeness (QED) is 0.752. The highest BCUT2D eigenvalue weighted by Crippen LogP contribution is 2.23. The molecule has 0 amide bonds. The zero-order valence-corrected chi connectivity index (χ0v) is 16.3. The molecule has 27 heavy (non-hydrogen) atoms. The van der Waals surface area contributed by atoms with Gasteiger partial charge >= 0.3 is 0 Å². The van der Waals surface area contributed by atoms with Gasteiger partial charge in [-0.15, -0.1) is 0 Å². The predicted molar refractivity (Wildman–Crippen MR) is 108 cm³/mol. The maximum absolute atomic E-state index is 5.48. The van der Waals surface area contributed by atoms with Crippen molar-refractivity contribution in [2.75, 3.05) is 39.4 Å². The number of ether oxygens (including phenoxy) is 1. The molecule has 2 fully saturated rings. The van der Waals surface area contributed by atoms with Crippen molar-refractivity contribution in [3.8, 4) is 0 Å². The third-order valence-electron chi connectivity index (χ3n) is 5.91. The Labute approximate surface area is 162 Å². The average molecular weight is 369 g/mol. The summed E-state index contributed by atoms with van der Waals surface area (Å²) in [6.07, 6.45) is 9.21. The summed E-state index contributed by atoms with van der Waals surface area (Å²) in [5.41, 5.74) is 2.76. The molecule has 3 heterocycles. The van der Waals surface area contributed by atoms with Crippen LogP contribution < -0.4 is 0 Å². The number of likely N-dealkylation sites (tertiary alicyclic amines) is 1. The molecule has 2 aromatic rings. The molecule has 1 aromatic heterocycles. The van der Waals surface area contributed by atoms with Gasteiger partial charge in [0.1, 0.15) is 0 Å². The number of morpholine rings is 1. The Hall–Kier alpha value is -1.69. The summed E-state index contributed by atoms with van der Waals surface area (Å²) in [7, 11) is 0. The second-order valence-electron chi connectivity index (χ2n) is 7.89. The minimum Gasteiger partial charge on any atom is -0.379 e. The van der Waals surface area contributed by atoms with Crippen molar-refractivity contribution in [1.82, 2.24) is 19.6 Å². The number of piperidine rings is 1. The molecule has 1 aromatic carbocycles. The van der Waals surface area contributed by atoms with Crippen LogP contribution in [-0.2, 0) is 17.8 Å². The summed E-state index contributed by atoms with van der Waals surface area (Å²) in [6.45, 7) is 8.36. The van der Waals surface area contributed by atoms with Crippen LogP contribution in [0.15, 0.2) is 42.7 Å². The molecule has 5 nitrogen and oxygen atoms in total. The van der Waals surface area contributed by atoms with E-state index in [-0.39, 0.29) is 0 Å². The summed E-state index contributed by atoms with van der Waals surface area (Å²) >= 11 is 0. The molecule has 5 heteroatoms. The van der Waals surface area contributed by atoms with Crippen molar-refractivity contribution >= 4 is 0 Å². The zero-order valence-electron chi connectivity index (χ0n) is 16.3. The van der Waals surface area contributed by atoms with Crippen LogP contribution in [0.25, 0.3) is 0 Å². The lowest BCUT2D eigenvalue weighted by atomic mass is 9.98. The molecule has 0 spiro atoms.